The molecule has 0 radical (unpaired) electrons. The second-order valence-corrected chi connectivity index (χ2v) is 6.88. The summed E-state index contributed by atoms with van der Waals surface area (Å²) in [4.78, 5) is 11.2. The Morgan fingerprint density at radius 3 is 2.53 bits per heavy atom. The number of hydrogen-bond acceptors (Lipinski definition) is 4. The molecule has 1 aliphatic heterocycles. The first-order valence-corrected chi connectivity index (χ1v) is 7.55. The molecule has 2 nitrogen and oxygen atoms in total. The van der Waals surface area contributed by atoms with Crippen LogP contribution in [0.2, 0.25) is 0 Å². The monoisotopic (exact) mass is 248 g/mol. The van der Waals surface area contributed by atoms with Crippen molar-refractivity contribution < 1.29 is 9.53 Å². The van der Waals surface area contributed by atoms with Crippen molar-refractivity contribution in [2.45, 2.75) is 31.3 Å². The molecule has 0 aliphatic carbocycles. The van der Waals surface area contributed by atoms with Crippen LogP contribution in [0.15, 0.2) is 0 Å². The van der Waals surface area contributed by atoms with E-state index in [-0.39, 0.29) is 5.97 Å². The van der Waals surface area contributed by atoms with Gasteiger partial charge in [-0.15, -0.1) is 23.5 Å². The fourth-order valence-corrected chi connectivity index (χ4v) is 4.99. The van der Waals surface area contributed by atoms with E-state index in [0.717, 1.165) is 0 Å². The Kier molecular flexibility index (Phi) is 5.90. The molecule has 0 bridgehead atoms. The average molecular weight is 248 g/mol. The average Bonchev–Trinajstić information content (AvgIpc) is 2.29. The van der Waals surface area contributed by atoms with E-state index in [1.54, 1.807) is 0 Å². The van der Waals surface area contributed by atoms with Crippen molar-refractivity contribution in [1.82, 2.24) is 0 Å². The summed E-state index contributed by atoms with van der Waals surface area (Å²) in [5.41, 5.74) is 0. The van der Waals surface area contributed by atoms with Gasteiger partial charge in [-0.05, 0) is 29.8 Å². The van der Waals surface area contributed by atoms with E-state index in [0.29, 0.717) is 22.8 Å². The van der Waals surface area contributed by atoms with Crippen LogP contribution < -0.4 is 0 Å². The molecule has 0 saturated carbocycles. The highest BCUT2D eigenvalue weighted by Gasteiger charge is 2.26. The summed E-state index contributed by atoms with van der Waals surface area (Å²) in [5, 5.41) is 0. The third-order valence-corrected chi connectivity index (χ3v) is 6.28. The van der Waals surface area contributed by atoms with Crippen molar-refractivity contribution >= 4 is 29.5 Å². The van der Waals surface area contributed by atoms with Crippen LogP contribution in [0.3, 0.4) is 0 Å². The van der Waals surface area contributed by atoms with E-state index in [2.05, 4.69) is 13.8 Å². The molecule has 0 aromatic carbocycles. The quantitative estimate of drug-likeness (QED) is 0.714. The first-order chi connectivity index (χ1) is 7.15. The van der Waals surface area contributed by atoms with Gasteiger partial charge in [-0.2, -0.15) is 0 Å². The zero-order valence-electron chi connectivity index (χ0n) is 9.69. The molecule has 1 saturated heterocycles. The molecule has 1 heterocycles. The van der Waals surface area contributed by atoms with Gasteiger partial charge in [0, 0.05) is 6.42 Å². The van der Waals surface area contributed by atoms with Crippen LogP contribution in [0.4, 0.5) is 0 Å². The molecule has 1 aliphatic rings. The van der Waals surface area contributed by atoms with E-state index in [4.69, 9.17) is 4.74 Å². The number of methoxy groups -OCH3 is 1. The summed E-state index contributed by atoms with van der Waals surface area (Å²) >= 11 is 4.09. The van der Waals surface area contributed by atoms with Crippen LogP contribution in [0.25, 0.3) is 0 Å². The maximum Gasteiger partial charge on any atom is 0.305 e. The molecule has 1 fully saturated rings. The summed E-state index contributed by atoms with van der Waals surface area (Å²) in [5.74, 6) is 3.46. The van der Waals surface area contributed by atoms with Crippen molar-refractivity contribution in [3.8, 4) is 0 Å². The Bertz CT molecular complexity index is 203. The molecule has 0 spiro atoms. The summed E-state index contributed by atoms with van der Waals surface area (Å²) in [6.45, 7) is 4.40. The number of thioether (sulfide) groups is 2. The normalized spacial score (nSPS) is 22.1. The molecule has 0 N–H and O–H groups in total. The number of carbonyl (C=O) groups is 1. The molecular formula is C11H20O2S2. The minimum absolute atomic E-state index is 0.0832. The highest BCUT2D eigenvalue weighted by atomic mass is 32.2. The van der Waals surface area contributed by atoms with Crippen molar-refractivity contribution in [2.75, 3.05) is 18.6 Å². The molecule has 15 heavy (non-hydrogen) atoms. The zero-order valence-corrected chi connectivity index (χ0v) is 11.3. The van der Waals surface area contributed by atoms with Gasteiger partial charge in [-0.25, -0.2) is 0 Å². The van der Waals surface area contributed by atoms with Crippen LogP contribution in [-0.2, 0) is 9.53 Å². The molecule has 1 rings (SSSR count). The molecule has 4 heteroatoms. The second kappa shape index (κ2) is 6.69. The summed E-state index contributed by atoms with van der Waals surface area (Å²) < 4.78 is 5.37. The maximum absolute atomic E-state index is 11.2. The number of esters is 1. The Balaban J connectivity index is 2.36. The van der Waals surface area contributed by atoms with E-state index in [9.17, 15) is 4.79 Å². The van der Waals surface area contributed by atoms with Crippen LogP contribution in [0.5, 0.6) is 0 Å². The van der Waals surface area contributed by atoms with Gasteiger partial charge < -0.3 is 4.74 Å². The van der Waals surface area contributed by atoms with Gasteiger partial charge in [0.2, 0.25) is 0 Å². The standard InChI is InChI=1S/C11H20O2S2/c1-8(7-10(12)13-3)9(2)11-14-5-4-6-15-11/h8-9,11H,4-7H2,1-3H3. The summed E-state index contributed by atoms with van der Waals surface area (Å²) in [6, 6.07) is 0. The van der Waals surface area contributed by atoms with Crippen LogP contribution >= 0.6 is 23.5 Å². The fraction of sp³-hybridized carbons (Fsp3) is 0.909. The number of hydrogen-bond donors (Lipinski definition) is 0. The van der Waals surface area contributed by atoms with Crippen LogP contribution in [0, 0.1) is 11.8 Å². The predicted molar refractivity (Wildman–Crippen MR) is 68.3 cm³/mol. The van der Waals surface area contributed by atoms with E-state index in [1.165, 1.54) is 25.0 Å². The van der Waals surface area contributed by atoms with E-state index in [1.807, 2.05) is 23.5 Å². The first kappa shape index (κ1) is 13.2. The highest BCUT2D eigenvalue weighted by Crippen LogP contribution is 2.39. The Morgan fingerprint density at radius 2 is 2.00 bits per heavy atom. The lowest BCUT2D eigenvalue weighted by molar-refractivity contribution is -0.141. The Hall–Kier alpha value is 0.170. The number of ether oxygens (including phenoxy) is 1. The first-order valence-electron chi connectivity index (χ1n) is 5.45. The minimum Gasteiger partial charge on any atom is -0.469 e. The molecule has 0 amide bonds. The van der Waals surface area contributed by atoms with Gasteiger partial charge in [0.15, 0.2) is 0 Å². The van der Waals surface area contributed by atoms with Crippen molar-refractivity contribution in [2.24, 2.45) is 11.8 Å². The summed E-state index contributed by atoms with van der Waals surface area (Å²) in [7, 11) is 1.46. The lowest BCUT2D eigenvalue weighted by Gasteiger charge is -2.30. The number of carbonyl (C=O) groups excluding carboxylic acids is 1. The lowest BCUT2D eigenvalue weighted by Crippen LogP contribution is -2.24. The summed E-state index contributed by atoms with van der Waals surface area (Å²) in [6.07, 6.45) is 1.87. The molecule has 0 aromatic rings. The smallest absolute Gasteiger partial charge is 0.305 e. The Labute approximate surface area is 101 Å². The van der Waals surface area contributed by atoms with Gasteiger partial charge in [-0.1, -0.05) is 13.8 Å². The van der Waals surface area contributed by atoms with Crippen LogP contribution in [0.1, 0.15) is 26.7 Å². The van der Waals surface area contributed by atoms with E-state index >= 15 is 0 Å². The SMILES string of the molecule is COC(=O)CC(C)C(C)C1SCCCS1. The third kappa shape index (κ3) is 4.27. The van der Waals surface area contributed by atoms with Gasteiger partial charge >= 0.3 is 5.97 Å². The zero-order chi connectivity index (χ0) is 11.3. The molecular weight excluding hydrogens is 228 g/mol. The minimum atomic E-state index is -0.0832. The molecule has 2 atom stereocenters. The predicted octanol–water partition coefficient (Wildman–Crippen LogP) is 3.02. The Morgan fingerprint density at radius 1 is 1.40 bits per heavy atom. The van der Waals surface area contributed by atoms with Crippen molar-refractivity contribution in [3.05, 3.63) is 0 Å². The largest absolute Gasteiger partial charge is 0.469 e. The molecule has 2 unspecified atom stereocenters. The number of rotatable bonds is 4. The van der Waals surface area contributed by atoms with E-state index < -0.39 is 0 Å². The second-order valence-electron chi connectivity index (χ2n) is 4.08. The fourth-order valence-electron chi connectivity index (χ4n) is 1.61. The van der Waals surface area contributed by atoms with Gasteiger partial charge in [0.25, 0.3) is 0 Å². The molecule has 88 valence electrons. The molecule has 0 aromatic heterocycles. The van der Waals surface area contributed by atoms with Crippen LogP contribution in [-0.4, -0.2) is 29.2 Å². The third-order valence-electron chi connectivity index (χ3n) is 2.90. The topological polar surface area (TPSA) is 26.3 Å². The van der Waals surface area contributed by atoms with Gasteiger partial charge in [0.1, 0.15) is 0 Å². The maximum atomic E-state index is 11.2. The van der Waals surface area contributed by atoms with Crippen molar-refractivity contribution in [3.63, 3.8) is 0 Å². The highest BCUT2D eigenvalue weighted by molar-refractivity contribution is 8.17. The van der Waals surface area contributed by atoms with Gasteiger partial charge in [-0.3, -0.25) is 4.79 Å². The van der Waals surface area contributed by atoms with Gasteiger partial charge in [0.05, 0.1) is 11.7 Å². The lowest BCUT2D eigenvalue weighted by atomic mass is 9.94. The van der Waals surface area contributed by atoms with Crippen molar-refractivity contribution in [1.29, 1.82) is 0 Å².